The van der Waals surface area contributed by atoms with E-state index in [4.69, 9.17) is 22.6 Å². The van der Waals surface area contributed by atoms with Gasteiger partial charge in [0.15, 0.2) is 0 Å². The molecule has 0 spiro atoms. The van der Waals surface area contributed by atoms with Crippen LogP contribution in [0.1, 0.15) is 43.0 Å². The number of allylic oxidation sites excluding steroid dienone is 2. The Morgan fingerprint density at radius 2 is 0.854 bits per heavy atom. The molecule has 0 N–H and O–H groups in total. The minimum absolute atomic E-state index is 0.0614. The van der Waals surface area contributed by atoms with E-state index in [1.54, 1.807) is 36.4 Å². The van der Waals surface area contributed by atoms with Gasteiger partial charge in [-0.2, -0.15) is 0 Å². The molecule has 0 fully saturated rings. The second-order valence-corrected chi connectivity index (χ2v) is 10.7. The van der Waals surface area contributed by atoms with Crippen LogP contribution in [0.3, 0.4) is 0 Å². The maximum absolute atomic E-state index is 13.5. The third kappa shape index (κ3) is 4.59. The molecule has 0 atom stereocenters. The highest BCUT2D eigenvalue weighted by atomic mass is 16.5. The van der Waals surface area contributed by atoms with Gasteiger partial charge < -0.3 is 9.47 Å². The van der Waals surface area contributed by atoms with Crippen LogP contribution < -0.4 is 9.47 Å². The standard InChI is InChI=1S/C40H18N4O4/c1-43-33(21-41)37-27-11-5-3-9-25(27)35-29(37)13-7-15-31(35)39(45)47-23-17-19-24(20-18-23)48-40(46)32-16-8-14-30-36(32)26-10-4-6-12-28(26)38(30)34(22-42)44-2/h3-20H/b37-33-,38-34+. The maximum Gasteiger partial charge on any atom is 0.344 e. The van der Waals surface area contributed by atoms with E-state index in [1.165, 1.54) is 24.3 Å². The smallest absolute Gasteiger partial charge is 0.344 e. The lowest BCUT2D eigenvalue weighted by Crippen LogP contribution is -2.11. The summed E-state index contributed by atoms with van der Waals surface area (Å²) in [6, 6.07) is 34.8. The van der Waals surface area contributed by atoms with Crippen molar-refractivity contribution in [2.75, 3.05) is 0 Å². The van der Waals surface area contributed by atoms with Crippen LogP contribution in [0.4, 0.5) is 0 Å². The number of fused-ring (bicyclic) bond motifs is 6. The fraction of sp³-hybridized carbons (Fsp3) is 0. The number of hydrogen-bond acceptors (Lipinski definition) is 6. The van der Waals surface area contributed by atoms with Gasteiger partial charge in [-0.05, 0) is 69.8 Å². The van der Waals surface area contributed by atoms with Crippen molar-refractivity contribution in [1.29, 1.82) is 10.5 Å². The molecule has 0 radical (unpaired) electrons. The molecule has 48 heavy (non-hydrogen) atoms. The van der Waals surface area contributed by atoms with Gasteiger partial charge in [0.25, 0.3) is 11.4 Å². The molecule has 8 nitrogen and oxygen atoms in total. The van der Waals surface area contributed by atoms with Gasteiger partial charge >= 0.3 is 11.9 Å². The molecule has 8 heteroatoms. The first-order chi connectivity index (χ1) is 23.5. The number of carbonyl (C=O) groups is 2. The van der Waals surface area contributed by atoms with Gasteiger partial charge in [-0.15, -0.1) is 0 Å². The third-order valence-corrected chi connectivity index (χ3v) is 8.19. The summed E-state index contributed by atoms with van der Waals surface area (Å²) in [7, 11) is 0. The molecule has 0 unspecified atom stereocenters. The van der Waals surface area contributed by atoms with Crippen LogP contribution in [-0.2, 0) is 0 Å². The zero-order chi connectivity index (χ0) is 33.4. The minimum atomic E-state index is -0.632. The van der Waals surface area contributed by atoms with Crippen molar-refractivity contribution in [3.05, 3.63) is 177 Å². The Morgan fingerprint density at radius 3 is 1.21 bits per heavy atom. The Kier molecular flexibility index (Phi) is 7.16. The Labute approximate surface area is 274 Å². The summed E-state index contributed by atoms with van der Waals surface area (Å²) < 4.78 is 11.4. The summed E-state index contributed by atoms with van der Waals surface area (Å²) in [6.45, 7) is 15.0. The van der Waals surface area contributed by atoms with Crippen LogP contribution in [0.25, 0.3) is 43.1 Å². The van der Waals surface area contributed by atoms with Crippen LogP contribution >= 0.6 is 0 Å². The van der Waals surface area contributed by atoms with Crippen LogP contribution in [0.5, 0.6) is 11.5 Å². The van der Waals surface area contributed by atoms with E-state index in [0.717, 1.165) is 11.1 Å². The maximum atomic E-state index is 13.5. The minimum Gasteiger partial charge on any atom is -0.423 e. The molecular formula is C40H18N4O4. The van der Waals surface area contributed by atoms with Crippen molar-refractivity contribution in [2.24, 2.45) is 0 Å². The topological polar surface area (TPSA) is 109 Å². The average Bonchev–Trinajstić information content (AvgIpc) is 3.64. The SMILES string of the molecule is [C-]#[N+]/C(C#N)=C1/c2ccccc2-c2c(C(=O)Oc3ccc(OC(=O)c4cccc5c4-c4ccccc4/C5=C(/C#N)[N+]#[C-])cc3)cccc21. The molecule has 2 aliphatic carbocycles. The fourth-order valence-electron chi connectivity index (χ4n) is 6.25. The van der Waals surface area contributed by atoms with Crippen LogP contribution in [0.15, 0.2) is 121 Å². The summed E-state index contributed by atoms with van der Waals surface area (Å²) >= 11 is 0. The zero-order valence-electron chi connectivity index (χ0n) is 24.8. The number of hydrogen-bond donors (Lipinski definition) is 0. The van der Waals surface area contributed by atoms with E-state index in [1.807, 2.05) is 60.7 Å². The Morgan fingerprint density at radius 1 is 0.500 bits per heavy atom. The normalized spacial score (nSPS) is 13.6. The van der Waals surface area contributed by atoms with Crippen molar-refractivity contribution >= 4 is 23.1 Å². The number of carbonyl (C=O) groups excluding carboxylic acids is 2. The molecule has 5 aromatic rings. The summed E-state index contributed by atoms with van der Waals surface area (Å²) in [5.41, 5.74) is 6.63. The molecular weight excluding hydrogens is 600 g/mol. The summed E-state index contributed by atoms with van der Waals surface area (Å²) in [5, 5.41) is 19.2. The summed E-state index contributed by atoms with van der Waals surface area (Å²) in [5.74, 6) is -0.836. The number of benzene rings is 5. The molecule has 2 aliphatic rings. The van der Waals surface area contributed by atoms with Crippen molar-refractivity contribution in [3.63, 3.8) is 0 Å². The van der Waals surface area contributed by atoms with E-state index >= 15 is 0 Å². The number of nitrogens with zero attached hydrogens (tertiary/aromatic N) is 4. The van der Waals surface area contributed by atoms with Gasteiger partial charge in [0, 0.05) is 22.3 Å². The first-order valence-corrected chi connectivity index (χ1v) is 14.5. The van der Waals surface area contributed by atoms with Gasteiger partial charge in [0.1, 0.15) is 11.5 Å². The molecule has 0 saturated carbocycles. The fourth-order valence-corrected chi connectivity index (χ4v) is 6.25. The van der Waals surface area contributed by atoms with E-state index in [0.29, 0.717) is 44.5 Å². The van der Waals surface area contributed by atoms with Gasteiger partial charge in [-0.25, -0.2) is 29.8 Å². The predicted molar refractivity (Wildman–Crippen MR) is 177 cm³/mol. The number of ether oxygens (including phenoxy) is 2. The Balaban J connectivity index is 1.15. The Bertz CT molecular complexity index is 2270. The van der Waals surface area contributed by atoms with Crippen molar-refractivity contribution < 1.29 is 19.1 Å². The van der Waals surface area contributed by atoms with Crippen molar-refractivity contribution in [2.45, 2.75) is 0 Å². The second-order valence-electron chi connectivity index (χ2n) is 10.7. The lowest BCUT2D eigenvalue weighted by Gasteiger charge is -2.11. The molecule has 0 aromatic heterocycles. The molecule has 222 valence electrons. The highest BCUT2D eigenvalue weighted by molar-refractivity contribution is 6.12. The van der Waals surface area contributed by atoms with E-state index in [9.17, 15) is 20.1 Å². The highest BCUT2D eigenvalue weighted by Crippen LogP contribution is 2.49. The number of rotatable bonds is 4. The van der Waals surface area contributed by atoms with Gasteiger partial charge in [-0.3, -0.25) is 0 Å². The van der Waals surface area contributed by atoms with E-state index in [2.05, 4.69) is 9.69 Å². The molecule has 0 saturated heterocycles. The second kappa shape index (κ2) is 11.8. The first-order valence-electron chi connectivity index (χ1n) is 14.5. The van der Waals surface area contributed by atoms with E-state index < -0.39 is 11.9 Å². The highest BCUT2D eigenvalue weighted by Gasteiger charge is 2.32. The molecule has 0 amide bonds. The van der Waals surface area contributed by atoms with Crippen LogP contribution in [0, 0.1) is 35.8 Å². The molecule has 0 bridgehead atoms. The zero-order valence-corrected chi connectivity index (χ0v) is 24.8. The number of nitriles is 2. The monoisotopic (exact) mass is 618 g/mol. The molecule has 5 aromatic carbocycles. The lowest BCUT2D eigenvalue weighted by atomic mass is 9.98. The first kappa shape index (κ1) is 29.2. The van der Waals surface area contributed by atoms with Crippen LogP contribution in [0.2, 0.25) is 0 Å². The van der Waals surface area contributed by atoms with Crippen LogP contribution in [-0.4, -0.2) is 11.9 Å². The van der Waals surface area contributed by atoms with Crippen molar-refractivity contribution in [1.82, 2.24) is 0 Å². The average molecular weight is 619 g/mol. The van der Waals surface area contributed by atoms with Gasteiger partial charge in [-0.1, -0.05) is 72.8 Å². The van der Waals surface area contributed by atoms with Gasteiger partial charge in [0.05, 0.1) is 36.4 Å². The van der Waals surface area contributed by atoms with Gasteiger partial charge in [0.2, 0.25) is 0 Å². The van der Waals surface area contributed by atoms with Crippen molar-refractivity contribution in [3.8, 4) is 45.9 Å². The number of esters is 2. The molecule has 7 rings (SSSR count). The third-order valence-electron chi connectivity index (χ3n) is 8.19. The lowest BCUT2D eigenvalue weighted by molar-refractivity contribution is 0.0720. The largest absolute Gasteiger partial charge is 0.423 e. The predicted octanol–water partition coefficient (Wildman–Crippen LogP) is 8.49. The summed E-state index contributed by atoms with van der Waals surface area (Å²) in [4.78, 5) is 33.8. The molecule has 0 heterocycles. The quantitative estimate of drug-likeness (QED) is 0.0847. The summed E-state index contributed by atoms with van der Waals surface area (Å²) in [6.07, 6.45) is 0. The molecule has 0 aliphatic heterocycles. The Hall–Kier alpha value is -7.52. The van der Waals surface area contributed by atoms with E-state index in [-0.39, 0.29) is 34.0 Å².